The molecule has 0 atom stereocenters. The molecular formula is C13H14N4O3S. The Morgan fingerprint density at radius 1 is 1.29 bits per heavy atom. The van der Waals surface area contributed by atoms with Crippen LogP contribution in [0.3, 0.4) is 0 Å². The van der Waals surface area contributed by atoms with Gasteiger partial charge in [-0.2, -0.15) is 4.98 Å². The Morgan fingerprint density at radius 2 is 2.05 bits per heavy atom. The molecule has 0 spiro atoms. The highest BCUT2D eigenvalue weighted by Gasteiger charge is 2.11. The zero-order chi connectivity index (χ0) is 14.8. The predicted molar refractivity (Wildman–Crippen MR) is 78.2 cm³/mol. The number of fused-ring (bicyclic) bond motifs is 1. The van der Waals surface area contributed by atoms with E-state index in [1.165, 1.54) is 6.39 Å². The number of hydrogen-bond acceptors (Lipinski definition) is 6. The molecule has 3 rings (SSSR count). The first-order valence-electron chi connectivity index (χ1n) is 6.32. The lowest BCUT2D eigenvalue weighted by Gasteiger charge is -2.08. The fraction of sp³-hybridized carbons (Fsp3) is 0.308. The Kier molecular flexibility index (Phi) is 3.61. The Labute approximate surface area is 125 Å². The number of aromatic nitrogens is 4. The van der Waals surface area contributed by atoms with Gasteiger partial charge in [0.1, 0.15) is 0 Å². The summed E-state index contributed by atoms with van der Waals surface area (Å²) in [6.45, 7) is 0.647. The molecule has 3 aromatic rings. The number of imidazole rings is 1. The van der Waals surface area contributed by atoms with E-state index in [1.54, 1.807) is 14.2 Å². The highest BCUT2D eigenvalue weighted by molar-refractivity contribution is 7.71. The van der Waals surface area contributed by atoms with E-state index >= 15 is 0 Å². The summed E-state index contributed by atoms with van der Waals surface area (Å²) in [7, 11) is 3.21. The number of nitrogens with zero attached hydrogens (tertiary/aromatic N) is 3. The average Bonchev–Trinajstić information content (AvgIpc) is 3.10. The second-order valence-corrected chi connectivity index (χ2v) is 4.79. The van der Waals surface area contributed by atoms with E-state index in [-0.39, 0.29) is 0 Å². The number of H-pyrrole nitrogens is 1. The minimum atomic E-state index is 0.629. The molecule has 0 aliphatic heterocycles. The van der Waals surface area contributed by atoms with Gasteiger partial charge in [-0.3, -0.25) is 0 Å². The second-order valence-electron chi connectivity index (χ2n) is 4.40. The number of nitrogens with one attached hydrogen (secondary N) is 1. The molecule has 0 bridgehead atoms. The fourth-order valence-corrected chi connectivity index (χ4v) is 2.52. The highest BCUT2D eigenvalue weighted by atomic mass is 32.1. The summed E-state index contributed by atoms with van der Waals surface area (Å²) in [5.41, 5.74) is 1.84. The average molecular weight is 306 g/mol. The topological polar surface area (TPSA) is 78.1 Å². The van der Waals surface area contributed by atoms with Crippen LogP contribution in [0.5, 0.6) is 11.5 Å². The highest BCUT2D eigenvalue weighted by Crippen LogP contribution is 2.31. The van der Waals surface area contributed by atoms with E-state index in [0.717, 1.165) is 11.0 Å². The van der Waals surface area contributed by atoms with Crippen molar-refractivity contribution in [3.05, 3.63) is 29.1 Å². The van der Waals surface area contributed by atoms with Crippen molar-refractivity contribution in [2.45, 2.75) is 13.0 Å². The summed E-state index contributed by atoms with van der Waals surface area (Å²) < 4.78 is 18.0. The van der Waals surface area contributed by atoms with Crippen LogP contribution < -0.4 is 9.47 Å². The number of aryl methyl sites for hydroxylation is 2. The van der Waals surface area contributed by atoms with Crippen molar-refractivity contribution in [2.75, 3.05) is 14.2 Å². The summed E-state index contributed by atoms with van der Waals surface area (Å²) in [5, 5.41) is 3.80. The van der Waals surface area contributed by atoms with Crippen molar-refractivity contribution >= 4 is 23.3 Å². The molecule has 2 aromatic heterocycles. The van der Waals surface area contributed by atoms with Crippen LogP contribution in [0, 0.1) is 4.77 Å². The largest absolute Gasteiger partial charge is 0.493 e. The summed E-state index contributed by atoms with van der Waals surface area (Å²) in [6, 6.07) is 3.77. The van der Waals surface area contributed by atoms with Gasteiger partial charge in [0.15, 0.2) is 22.1 Å². The smallest absolute Gasteiger partial charge is 0.213 e. The maximum Gasteiger partial charge on any atom is 0.213 e. The first-order valence-corrected chi connectivity index (χ1v) is 6.73. The van der Waals surface area contributed by atoms with Crippen molar-refractivity contribution in [2.24, 2.45) is 0 Å². The number of methoxy groups -OCH3 is 2. The summed E-state index contributed by atoms with van der Waals surface area (Å²) in [4.78, 5) is 7.17. The van der Waals surface area contributed by atoms with Gasteiger partial charge in [-0.15, -0.1) is 0 Å². The van der Waals surface area contributed by atoms with Gasteiger partial charge in [-0.1, -0.05) is 5.16 Å². The third kappa shape index (κ3) is 2.49. The molecule has 2 heterocycles. The first-order chi connectivity index (χ1) is 10.2. The first kappa shape index (κ1) is 13.6. The van der Waals surface area contributed by atoms with E-state index in [1.807, 2.05) is 16.7 Å². The predicted octanol–water partition coefficient (Wildman–Crippen LogP) is 2.34. The SMILES string of the molecule is COc1cc2[nH]c(=S)n(CCc3ncon3)c2cc1OC. The third-order valence-electron chi connectivity index (χ3n) is 3.25. The van der Waals surface area contributed by atoms with Crippen LogP contribution in [-0.4, -0.2) is 33.9 Å². The van der Waals surface area contributed by atoms with Gasteiger partial charge in [0, 0.05) is 25.1 Å². The molecular weight excluding hydrogens is 292 g/mol. The summed E-state index contributed by atoms with van der Waals surface area (Å²) in [5.74, 6) is 1.96. The fourth-order valence-electron chi connectivity index (χ4n) is 2.22. The van der Waals surface area contributed by atoms with Gasteiger partial charge in [-0.05, 0) is 12.2 Å². The van der Waals surface area contributed by atoms with Crippen LogP contribution in [0.4, 0.5) is 0 Å². The molecule has 0 saturated heterocycles. The van der Waals surface area contributed by atoms with E-state index in [0.29, 0.717) is 35.1 Å². The Hall–Kier alpha value is -2.35. The zero-order valence-electron chi connectivity index (χ0n) is 11.6. The standard InChI is InChI=1S/C13H14N4O3S/c1-18-10-5-8-9(6-11(10)19-2)17(13(21)15-8)4-3-12-14-7-20-16-12/h5-7H,3-4H2,1-2H3,(H,15,21). The zero-order valence-corrected chi connectivity index (χ0v) is 12.4. The molecule has 0 fully saturated rings. The molecule has 0 unspecified atom stereocenters. The van der Waals surface area contributed by atoms with E-state index in [9.17, 15) is 0 Å². The number of ether oxygens (including phenoxy) is 2. The van der Waals surface area contributed by atoms with Crippen LogP contribution in [0.2, 0.25) is 0 Å². The van der Waals surface area contributed by atoms with Gasteiger partial charge in [0.05, 0.1) is 25.3 Å². The lowest BCUT2D eigenvalue weighted by molar-refractivity contribution is 0.355. The van der Waals surface area contributed by atoms with Crippen molar-refractivity contribution in [1.29, 1.82) is 0 Å². The number of aromatic amines is 1. The molecule has 7 nitrogen and oxygen atoms in total. The molecule has 0 saturated carbocycles. The van der Waals surface area contributed by atoms with Crippen molar-refractivity contribution in [3.63, 3.8) is 0 Å². The van der Waals surface area contributed by atoms with E-state index < -0.39 is 0 Å². The minimum Gasteiger partial charge on any atom is -0.493 e. The lowest BCUT2D eigenvalue weighted by atomic mass is 10.2. The molecule has 8 heteroatoms. The molecule has 21 heavy (non-hydrogen) atoms. The maximum absolute atomic E-state index is 5.37. The number of benzene rings is 1. The summed E-state index contributed by atoms with van der Waals surface area (Å²) >= 11 is 5.37. The Balaban J connectivity index is 2.01. The molecule has 1 aromatic carbocycles. The molecule has 0 aliphatic rings. The van der Waals surface area contributed by atoms with E-state index in [4.69, 9.17) is 26.2 Å². The minimum absolute atomic E-state index is 0.629. The molecule has 0 aliphatic carbocycles. The van der Waals surface area contributed by atoms with Crippen LogP contribution >= 0.6 is 12.2 Å². The Bertz CT molecular complexity index is 807. The Morgan fingerprint density at radius 3 is 2.71 bits per heavy atom. The van der Waals surface area contributed by atoms with Gasteiger partial charge in [0.25, 0.3) is 0 Å². The number of hydrogen-bond donors (Lipinski definition) is 1. The van der Waals surface area contributed by atoms with Gasteiger partial charge < -0.3 is 23.5 Å². The molecule has 0 radical (unpaired) electrons. The molecule has 1 N–H and O–H groups in total. The van der Waals surface area contributed by atoms with Gasteiger partial charge >= 0.3 is 0 Å². The molecule has 0 amide bonds. The maximum atomic E-state index is 5.37. The number of rotatable bonds is 5. The molecule has 110 valence electrons. The quantitative estimate of drug-likeness (QED) is 0.729. The van der Waals surface area contributed by atoms with Gasteiger partial charge in [0.2, 0.25) is 6.39 Å². The lowest BCUT2D eigenvalue weighted by Crippen LogP contribution is -2.03. The normalized spacial score (nSPS) is 11.0. The van der Waals surface area contributed by atoms with Gasteiger partial charge in [-0.25, -0.2) is 0 Å². The van der Waals surface area contributed by atoms with Crippen LogP contribution in [0.15, 0.2) is 23.0 Å². The van der Waals surface area contributed by atoms with Crippen LogP contribution in [0.25, 0.3) is 11.0 Å². The van der Waals surface area contributed by atoms with E-state index in [2.05, 4.69) is 15.1 Å². The van der Waals surface area contributed by atoms with Crippen molar-refractivity contribution < 1.29 is 14.0 Å². The van der Waals surface area contributed by atoms with Crippen molar-refractivity contribution in [1.82, 2.24) is 19.7 Å². The summed E-state index contributed by atoms with van der Waals surface area (Å²) in [6.07, 6.45) is 1.95. The van der Waals surface area contributed by atoms with Crippen LogP contribution in [0.1, 0.15) is 5.82 Å². The van der Waals surface area contributed by atoms with Crippen molar-refractivity contribution in [3.8, 4) is 11.5 Å². The van der Waals surface area contributed by atoms with Crippen LogP contribution in [-0.2, 0) is 13.0 Å². The monoisotopic (exact) mass is 306 g/mol. The third-order valence-corrected chi connectivity index (χ3v) is 3.57. The second kappa shape index (κ2) is 5.57.